The first kappa shape index (κ1) is 22.5. The molecule has 0 bridgehead atoms. The van der Waals surface area contributed by atoms with Crippen molar-refractivity contribution >= 4 is 17.3 Å². The van der Waals surface area contributed by atoms with E-state index in [1.165, 1.54) is 17.7 Å². The van der Waals surface area contributed by atoms with E-state index >= 15 is 0 Å². The minimum atomic E-state index is -0.583. The molecule has 4 aromatic rings. The second-order valence-corrected chi connectivity index (χ2v) is 8.58. The molecule has 0 fully saturated rings. The van der Waals surface area contributed by atoms with Crippen LogP contribution >= 0.6 is 0 Å². The van der Waals surface area contributed by atoms with Crippen LogP contribution in [-0.2, 0) is 6.42 Å². The number of aromatic nitrogens is 2. The molecule has 1 aliphatic heterocycles. The van der Waals surface area contributed by atoms with Gasteiger partial charge in [-0.2, -0.15) is 4.98 Å². The van der Waals surface area contributed by atoms with Crippen molar-refractivity contribution in [2.24, 2.45) is 0 Å². The molecule has 1 aliphatic rings. The van der Waals surface area contributed by atoms with Gasteiger partial charge in [-0.15, -0.1) is 0 Å². The lowest BCUT2D eigenvalue weighted by atomic mass is 9.94. The Morgan fingerprint density at radius 2 is 1.66 bits per heavy atom. The minimum absolute atomic E-state index is 0.292. The molecular weight excluding hydrogens is 443 g/mol. The van der Waals surface area contributed by atoms with Crippen LogP contribution < -0.4 is 10.2 Å². The van der Waals surface area contributed by atoms with Gasteiger partial charge in [-0.1, -0.05) is 66.2 Å². The maximum atomic E-state index is 13.6. The van der Waals surface area contributed by atoms with Crippen molar-refractivity contribution in [2.75, 3.05) is 4.90 Å². The highest BCUT2D eigenvalue weighted by Crippen LogP contribution is 2.39. The number of rotatable bonds is 5. The Morgan fingerprint density at radius 1 is 0.971 bits per heavy atom. The van der Waals surface area contributed by atoms with Crippen LogP contribution in [-0.4, -0.2) is 16.2 Å². The van der Waals surface area contributed by atoms with Crippen LogP contribution in [0.15, 0.2) is 83.0 Å². The predicted octanol–water partition coefficient (Wildman–Crippen LogP) is 6.45. The molecule has 5 rings (SSSR count). The zero-order valence-electron chi connectivity index (χ0n) is 19.7. The molecule has 1 atom stereocenters. The van der Waals surface area contributed by atoms with Gasteiger partial charge in [0, 0.05) is 11.3 Å². The lowest BCUT2D eigenvalue weighted by molar-refractivity contribution is 0.244. The van der Waals surface area contributed by atoms with E-state index in [9.17, 15) is 9.18 Å². The van der Waals surface area contributed by atoms with Crippen LogP contribution in [0.4, 0.5) is 14.9 Å². The number of urea groups is 1. The normalized spacial score (nSPS) is 15.9. The van der Waals surface area contributed by atoms with Crippen molar-refractivity contribution in [3.05, 3.63) is 107 Å². The molecule has 6 nitrogen and oxygen atoms in total. The van der Waals surface area contributed by atoms with E-state index in [4.69, 9.17) is 4.52 Å². The third kappa shape index (κ3) is 4.33. The van der Waals surface area contributed by atoms with Gasteiger partial charge in [-0.3, -0.25) is 4.90 Å². The quantitative estimate of drug-likeness (QED) is 0.365. The SMILES string of the molecule is CCc1ccc(-c2noc(C3=C(C)N(c4ccc(C)cc4)C(=O)NC3c3ccc(F)cc3)n2)cc1. The highest BCUT2D eigenvalue weighted by molar-refractivity contribution is 6.01. The summed E-state index contributed by atoms with van der Waals surface area (Å²) >= 11 is 0. The Bertz CT molecular complexity index is 1390. The molecule has 0 aliphatic carbocycles. The summed E-state index contributed by atoms with van der Waals surface area (Å²) in [6.45, 7) is 5.94. The first-order valence-corrected chi connectivity index (χ1v) is 11.5. The molecule has 1 unspecified atom stereocenters. The number of carbonyl (C=O) groups is 1. The minimum Gasteiger partial charge on any atom is -0.334 e. The third-order valence-electron chi connectivity index (χ3n) is 6.26. The molecule has 0 radical (unpaired) electrons. The van der Waals surface area contributed by atoms with Gasteiger partial charge in [0.1, 0.15) is 5.82 Å². The fourth-order valence-electron chi connectivity index (χ4n) is 4.27. The number of nitrogens with one attached hydrogen (secondary N) is 1. The van der Waals surface area contributed by atoms with Crippen LogP contribution in [0.1, 0.15) is 42.5 Å². The number of benzene rings is 3. The van der Waals surface area contributed by atoms with Crippen molar-refractivity contribution in [2.45, 2.75) is 33.2 Å². The van der Waals surface area contributed by atoms with E-state index < -0.39 is 6.04 Å². The molecule has 0 saturated carbocycles. The van der Waals surface area contributed by atoms with Gasteiger partial charge in [-0.05, 0) is 55.7 Å². The average molecular weight is 469 g/mol. The first-order valence-electron chi connectivity index (χ1n) is 11.5. The van der Waals surface area contributed by atoms with E-state index in [2.05, 4.69) is 22.4 Å². The molecule has 2 amide bonds. The summed E-state index contributed by atoms with van der Waals surface area (Å²) in [6.07, 6.45) is 0.942. The van der Waals surface area contributed by atoms with Crippen molar-refractivity contribution in [1.82, 2.24) is 15.5 Å². The van der Waals surface area contributed by atoms with Gasteiger partial charge >= 0.3 is 6.03 Å². The molecule has 3 aromatic carbocycles. The van der Waals surface area contributed by atoms with Crippen LogP contribution in [0.25, 0.3) is 17.0 Å². The van der Waals surface area contributed by atoms with Crippen molar-refractivity contribution in [3.8, 4) is 11.4 Å². The molecule has 7 heteroatoms. The Labute approximate surface area is 203 Å². The molecular formula is C28H25FN4O2. The monoisotopic (exact) mass is 468 g/mol. The Kier molecular flexibility index (Phi) is 5.91. The van der Waals surface area contributed by atoms with E-state index in [1.54, 1.807) is 17.0 Å². The number of halogens is 1. The number of hydrogen-bond acceptors (Lipinski definition) is 4. The molecule has 0 spiro atoms. The summed E-state index contributed by atoms with van der Waals surface area (Å²) in [5.41, 5.74) is 5.89. The summed E-state index contributed by atoms with van der Waals surface area (Å²) in [7, 11) is 0. The average Bonchev–Trinajstić information content (AvgIpc) is 3.35. The largest absolute Gasteiger partial charge is 0.334 e. The van der Waals surface area contributed by atoms with Gasteiger partial charge in [0.15, 0.2) is 0 Å². The smallest absolute Gasteiger partial charge is 0.326 e. The van der Waals surface area contributed by atoms with Gasteiger partial charge in [0.05, 0.1) is 17.3 Å². The predicted molar refractivity (Wildman–Crippen MR) is 133 cm³/mol. The first-order chi connectivity index (χ1) is 16.9. The highest BCUT2D eigenvalue weighted by atomic mass is 19.1. The fraction of sp³-hybridized carbons (Fsp3) is 0.179. The zero-order valence-corrected chi connectivity index (χ0v) is 19.7. The zero-order chi connectivity index (χ0) is 24.5. The maximum absolute atomic E-state index is 13.6. The Hall–Kier alpha value is -4.26. The summed E-state index contributed by atoms with van der Waals surface area (Å²) in [5.74, 6) is 0.401. The van der Waals surface area contributed by atoms with Gasteiger partial charge in [-0.25, -0.2) is 9.18 Å². The molecule has 0 saturated heterocycles. The number of aryl methyl sites for hydroxylation is 2. The van der Waals surface area contributed by atoms with Gasteiger partial charge < -0.3 is 9.84 Å². The summed E-state index contributed by atoms with van der Waals surface area (Å²) < 4.78 is 19.4. The number of anilines is 1. The van der Waals surface area contributed by atoms with E-state index in [-0.39, 0.29) is 11.8 Å². The van der Waals surface area contributed by atoms with Crippen molar-refractivity contribution in [3.63, 3.8) is 0 Å². The fourth-order valence-corrected chi connectivity index (χ4v) is 4.27. The molecule has 1 aromatic heterocycles. The molecule has 35 heavy (non-hydrogen) atoms. The van der Waals surface area contributed by atoms with Crippen LogP contribution in [0.3, 0.4) is 0 Å². The van der Waals surface area contributed by atoms with Gasteiger partial charge in [0.25, 0.3) is 5.89 Å². The topological polar surface area (TPSA) is 71.3 Å². The van der Waals surface area contributed by atoms with Crippen molar-refractivity contribution < 1.29 is 13.7 Å². The van der Waals surface area contributed by atoms with Gasteiger partial charge in [0.2, 0.25) is 5.82 Å². The lowest BCUT2D eigenvalue weighted by Gasteiger charge is -2.35. The van der Waals surface area contributed by atoms with E-state index in [1.807, 2.05) is 62.4 Å². The second kappa shape index (κ2) is 9.18. The van der Waals surface area contributed by atoms with Crippen LogP contribution in [0.2, 0.25) is 0 Å². The molecule has 1 N–H and O–H groups in total. The highest BCUT2D eigenvalue weighted by Gasteiger charge is 2.36. The second-order valence-electron chi connectivity index (χ2n) is 8.58. The number of amides is 2. The molecule has 176 valence electrons. The van der Waals surface area contributed by atoms with Crippen LogP contribution in [0, 0.1) is 12.7 Å². The van der Waals surface area contributed by atoms with E-state index in [0.29, 0.717) is 28.5 Å². The summed E-state index contributed by atoms with van der Waals surface area (Å²) in [4.78, 5) is 19.5. The number of allylic oxidation sites excluding steroid dienone is 1. The Balaban J connectivity index is 1.62. The third-order valence-corrected chi connectivity index (χ3v) is 6.26. The molecule has 2 heterocycles. The summed E-state index contributed by atoms with van der Waals surface area (Å²) in [6, 6.07) is 20.9. The van der Waals surface area contributed by atoms with Crippen molar-refractivity contribution in [1.29, 1.82) is 0 Å². The number of carbonyl (C=O) groups excluding carboxylic acids is 1. The maximum Gasteiger partial charge on any atom is 0.326 e. The standard InChI is InChI=1S/C28H25FN4O2/c1-4-19-7-9-21(10-8-19)26-31-27(35-32-26)24-18(3)33(23-15-5-17(2)6-16-23)28(34)30-25(24)20-11-13-22(29)14-12-20/h5-16,25H,4H2,1-3H3,(H,30,34). The van der Waals surface area contributed by atoms with E-state index in [0.717, 1.165) is 23.2 Å². The number of nitrogens with zero attached hydrogens (tertiary/aromatic N) is 3. The van der Waals surface area contributed by atoms with Crippen LogP contribution in [0.5, 0.6) is 0 Å². The Morgan fingerprint density at radius 3 is 2.31 bits per heavy atom. The summed E-state index contributed by atoms with van der Waals surface area (Å²) in [5, 5.41) is 7.25. The number of hydrogen-bond donors (Lipinski definition) is 1. The lowest BCUT2D eigenvalue weighted by Crippen LogP contribution is -2.46.